The van der Waals surface area contributed by atoms with E-state index in [2.05, 4.69) is 18.8 Å². The van der Waals surface area contributed by atoms with Gasteiger partial charge < -0.3 is 9.05 Å². The molecule has 0 aliphatic carbocycles. The van der Waals surface area contributed by atoms with Crippen molar-refractivity contribution in [2.24, 2.45) is 4.99 Å². The zero-order valence-electron chi connectivity index (χ0n) is 10.6. The van der Waals surface area contributed by atoms with Gasteiger partial charge in [-0.05, 0) is 26.7 Å². The van der Waals surface area contributed by atoms with E-state index in [9.17, 15) is 4.57 Å². The van der Waals surface area contributed by atoms with Crippen LogP contribution >= 0.6 is 7.60 Å². The molecular formula is C11H22NO3P. The summed E-state index contributed by atoms with van der Waals surface area (Å²) in [7, 11) is -3.13. The predicted octanol–water partition coefficient (Wildman–Crippen LogP) is 3.98. The van der Waals surface area contributed by atoms with Gasteiger partial charge in [-0.3, -0.25) is 9.56 Å². The summed E-state index contributed by atoms with van der Waals surface area (Å²) in [6.07, 6.45) is 3.62. The van der Waals surface area contributed by atoms with E-state index in [-0.39, 0.29) is 0 Å². The number of allylic oxidation sites excluding steroid dienone is 1. The molecule has 0 atom stereocenters. The molecule has 0 aromatic rings. The second kappa shape index (κ2) is 8.68. The molecule has 0 unspecified atom stereocenters. The summed E-state index contributed by atoms with van der Waals surface area (Å²) in [5.41, 5.74) is 1.20. The topological polar surface area (TPSA) is 47.9 Å². The summed E-state index contributed by atoms with van der Waals surface area (Å²) < 4.78 is 22.1. The maximum atomic E-state index is 11.9. The van der Waals surface area contributed by atoms with Crippen molar-refractivity contribution in [2.45, 2.75) is 40.5 Å². The maximum Gasteiger partial charge on any atom is 0.372 e. The minimum absolute atomic E-state index is 0.349. The molecule has 0 rings (SSSR count). The van der Waals surface area contributed by atoms with Crippen LogP contribution in [-0.4, -0.2) is 19.2 Å². The number of nitrogens with zero attached hydrogens (tertiary/aromatic N) is 1. The number of hydrogen-bond donors (Lipinski definition) is 0. The second-order valence-electron chi connectivity index (χ2n) is 3.13. The third-order valence-corrected chi connectivity index (χ3v) is 3.64. The van der Waals surface area contributed by atoms with Crippen LogP contribution in [0.4, 0.5) is 0 Å². The van der Waals surface area contributed by atoms with Gasteiger partial charge >= 0.3 is 7.60 Å². The first kappa shape index (κ1) is 15.6. The summed E-state index contributed by atoms with van der Waals surface area (Å²) in [6.45, 7) is 8.38. The van der Waals surface area contributed by atoms with Crippen molar-refractivity contribution in [1.82, 2.24) is 0 Å². The molecule has 0 heterocycles. The molecule has 0 aliphatic heterocycles. The highest BCUT2D eigenvalue weighted by Crippen LogP contribution is 2.44. The number of aliphatic imine (C=N–C) groups is 1. The fourth-order valence-corrected chi connectivity index (χ4v) is 2.27. The van der Waals surface area contributed by atoms with Gasteiger partial charge in [-0.1, -0.05) is 19.4 Å². The van der Waals surface area contributed by atoms with Crippen LogP contribution in [0.15, 0.2) is 16.8 Å². The van der Waals surface area contributed by atoms with E-state index in [4.69, 9.17) is 9.05 Å². The van der Waals surface area contributed by atoms with Crippen LogP contribution in [-0.2, 0) is 13.6 Å². The van der Waals surface area contributed by atoms with Crippen LogP contribution in [0.5, 0.6) is 0 Å². The van der Waals surface area contributed by atoms with Gasteiger partial charge in [0.15, 0.2) is 0 Å². The normalized spacial score (nSPS) is 12.0. The summed E-state index contributed by atoms with van der Waals surface area (Å²) >= 11 is 0. The standard InChI is InChI=1S/C11H22NO3P/c1-5-11(6-2)9-12-10-16(13,14-7-3)15-8-4/h9-10H,5-8H2,1-4H3. The third-order valence-electron chi connectivity index (χ3n) is 1.99. The molecule has 16 heavy (non-hydrogen) atoms. The lowest BCUT2D eigenvalue weighted by molar-refractivity contribution is 0.233. The summed E-state index contributed by atoms with van der Waals surface area (Å²) in [6, 6.07) is 0. The van der Waals surface area contributed by atoms with Crippen molar-refractivity contribution in [3.63, 3.8) is 0 Å². The predicted molar refractivity (Wildman–Crippen MR) is 68.0 cm³/mol. The van der Waals surface area contributed by atoms with Gasteiger partial charge in [-0.25, -0.2) is 0 Å². The van der Waals surface area contributed by atoms with Crippen LogP contribution in [0.3, 0.4) is 0 Å². The molecule has 0 saturated carbocycles. The van der Waals surface area contributed by atoms with Crippen LogP contribution in [0.25, 0.3) is 0 Å². The number of rotatable bonds is 8. The second-order valence-corrected chi connectivity index (χ2v) is 4.96. The van der Waals surface area contributed by atoms with Crippen LogP contribution in [0.1, 0.15) is 40.5 Å². The molecule has 0 N–H and O–H groups in total. The van der Waals surface area contributed by atoms with Gasteiger partial charge in [0.2, 0.25) is 0 Å². The molecule has 5 heteroatoms. The van der Waals surface area contributed by atoms with Crippen molar-refractivity contribution in [3.8, 4) is 0 Å². The van der Waals surface area contributed by atoms with Crippen molar-refractivity contribution < 1.29 is 13.6 Å². The quantitative estimate of drug-likeness (QED) is 0.481. The molecule has 0 aromatic heterocycles. The molecule has 0 fully saturated rings. The smallest absolute Gasteiger partial charge is 0.305 e. The third kappa shape index (κ3) is 6.21. The molecule has 0 aromatic carbocycles. The van der Waals surface area contributed by atoms with E-state index in [1.807, 2.05) is 0 Å². The molecular weight excluding hydrogens is 225 g/mol. The lowest BCUT2D eigenvalue weighted by atomic mass is 10.2. The average molecular weight is 247 g/mol. The molecule has 0 spiro atoms. The van der Waals surface area contributed by atoms with Crippen molar-refractivity contribution in [2.75, 3.05) is 13.2 Å². The van der Waals surface area contributed by atoms with E-state index in [1.54, 1.807) is 20.0 Å². The minimum atomic E-state index is -3.13. The molecule has 0 bridgehead atoms. The van der Waals surface area contributed by atoms with Gasteiger partial charge in [-0.2, -0.15) is 0 Å². The largest absolute Gasteiger partial charge is 0.372 e. The zero-order chi connectivity index (χ0) is 12.4. The first-order valence-corrected chi connectivity index (χ1v) is 7.34. The minimum Gasteiger partial charge on any atom is -0.305 e. The summed E-state index contributed by atoms with van der Waals surface area (Å²) in [5, 5.41) is 0. The molecule has 0 aliphatic rings. The van der Waals surface area contributed by atoms with Crippen LogP contribution < -0.4 is 0 Å². The van der Waals surface area contributed by atoms with Gasteiger partial charge in [0.25, 0.3) is 0 Å². The van der Waals surface area contributed by atoms with Crippen molar-refractivity contribution >= 4 is 13.6 Å². The highest BCUT2D eigenvalue weighted by atomic mass is 31.2. The summed E-state index contributed by atoms with van der Waals surface area (Å²) in [5.74, 6) is 1.28. The van der Waals surface area contributed by atoms with Crippen molar-refractivity contribution in [3.05, 3.63) is 11.8 Å². The Labute approximate surface area is 98.3 Å². The Hall–Kier alpha value is -0.440. The fraction of sp³-hybridized carbons (Fsp3) is 0.727. The SMILES string of the molecule is CCOP(=O)(C=NC=C(CC)CC)OCC. The highest BCUT2D eigenvalue weighted by Gasteiger charge is 2.19. The van der Waals surface area contributed by atoms with Gasteiger partial charge in [-0.15, -0.1) is 0 Å². The first-order valence-electron chi connectivity index (χ1n) is 5.72. The molecule has 0 amide bonds. The van der Waals surface area contributed by atoms with E-state index in [0.717, 1.165) is 12.8 Å². The lowest BCUT2D eigenvalue weighted by Gasteiger charge is -2.11. The van der Waals surface area contributed by atoms with E-state index in [0.29, 0.717) is 13.2 Å². The molecule has 94 valence electrons. The van der Waals surface area contributed by atoms with E-state index < -0.39 is 7.60 Å². The zero-order valence-corrected chi connectivity index (χ0v) is 11.5. The Morgan fingerprint density at radius 3 is 2.00 bits per heavy atom. The van der Waals surface area contributed by atoms with Crippen LogP contribution in [0.2, 0.25) is 0 Å². The molecule has 0 saturated heterocycles. The Morgan fingerprint density at radius 2 is 1.62 bits per heavy atom. The fourth-order valence-electron chi connectivity index (χ4n) is 1.12. The Morgan fingerprint density at radius 1 is 1.12 bits per heavy atom. The number of hydrogen-bond acceptors (Lipinski definition) is 4. The van der Waals surface area contributed by atoms with E-state index in [1.165, 1.54) is 11.5 Å². The van der Waals surface area contributed by atoms with Crippen molar-refractivity contribution in [1.29, 1.82) is 0 Å². The Balaban J connectivity index is 4.56. The monoisotopic (exact) mass is 247 g/mol. The Kier molecular flexibility index (Phi) is 8.44. The maximum absolute atomic E-state index is 11.9. The first-order chi connectivity index (χ1) is 7.61. The van der Waals surface area contributed by atoms with Gasteiger partial charge in [0.1, 0.15) is 5.96 Å². The Bertz CT molecular complexity index is 271. The van der Waals surface area contributed by atoms with Gasteiger partial charge in [0, 0.05) is 6.20 Å². The van der Waals surface area contributed by atoms with Gasteiger partial charge in [0.05, 0.1) is 13.2 Å². The average Bonchev–Trinajstić information content (AvgIpc) is 2.25. The highest BCUT2D eigenvalue weighted by molar-refractivity contribution is 7.69. The molecule has 0 radical (unpaired) electrons. The molecule has 4 nitrogen and oxygen atoms in total. The lowest BCUT2D eigenvalue weighted by Crippen LogP contribution is -1.96. The summed E-state index contributed by atoms with van der Waals surface area (Å²) in [4.78, 5) is 4.02. The van der Waals surface area contributed by atoms with Crippen LogP contribution in [0, 0.1) is 0 Å². The van der Waals surface area contributed by atoms with E-state index >= 15 is 0 Å².